The SMILES string of the molecule is Cc1cc(Cl)c(Nc2cc(N)nc(N)n2)cc1Cl. The van der Waals surface area contributed by atoms with E-state index >= 15 is 0 Å². The minimum atomic E-state index is 0.0897. The Bertz CT molecular complexity index is 580. The molecule has 2 aromatic rings. The van der Waals surface area contributed by atoms with Crippen LogP contribution in [0, 0.1) is 6.92 Å². The van der Waals surface area contributed by atoms with E-state index in [0.717, 1.165) is 5.56 Å². The lowest BCUT2D eigenvalue weighted by Gasteiger charge is -2.10. The van der Waals surface area contributed by atoms with Gasteiger partial charge in [0.1, 0.15) is 11.6 Å². The van der Waals surface area contributed by atoms with Gasteiger partial charge in [-0.1, -0.05) is 23.2 Å². The van der Waals surface area contributed by atoms with Crippen molar-refractivity contribution >= 4 is 46.5 Å². The fraction of sp³-hybridized carbons (Fsp3) is 0.0909. The highest BCUT2D eigenvalue weighted by Crippen LogP contribution is 2.30. The lowest BCUT2D eigenvalue weighted by molar-refractivity contribution is 1.19. The van der Waals surface area contributed by atoms with Crippen molar-refractivity contribution in [2.75, 3.05) is 16.8 Å². The summed E-state index contributed by atoms with van der Waals surface area (Å²) in [6, 6.07) is 5.04. The summed E-state index contributed by atoms with van der Waals surface area (Å²) in [5, 5.41) is 4.14. The Labute approximate surface area is 114 Å². The van der Waals surface area contributed by atoms with Crippen LogP contribution in [0.4, 0.5) is 23.3 Å². The van der Waals surface area contributed by atoms with E-state index in [1.165, 1.54) is 0 Å². The molecule has 0 bridgehead atoms. The molecule has 7 heteroatoms. The maximum Gasteiger partial charge on any atom is 0.223 e. The van der Waals surface area contributed by atoms with Gasteiger partial charge in [0, 0.05) is 11.1 Å². The number of nitrogens with zero attached hydrogens (tertiary/aromatic N) is 2. The fourth-order valence-corrected chi connectivity index (χ4v) is 1.86. The molecule has 0 unspecified atom stereocenters. The van der Waals surface area contributed by atoms with Crippen LogP contribution < -0.4 is 16.8 Å². The monoisotopic (exact) mass is 283 g/mol. The number of anilines is 4. The normalized spacial score (nSPS) is 10.4. The van der Waals surface area contributed by atoms with Gasteiger partial charge in [-0.2, -0.15) is 9.97 Å². The molecule has 0 fully saturated rings. The summed E-state index contributed by atoms with van der Waals surface area (Å²) >= 11 is 12.1. The molecule has 0 saturated heterocycles. The Morgan fingerprint density at radius 3 is 2.44 bits per heavy atom. The smallest absolute Gasteiger partial charge is 0.223 e. The number of nitrogen functional groups attached to an aromatic ring is 2. The number of nitrogens with two attached hydrogens (primary N) is 2. The number of nitrogens with one attached hydrogen (secondary N) is 1. The quantitative estimate of drug-likeness (QED) is 0.788. The van der Waals surface area contributed by atoms with Crippen molar-refractivity contribution in [3.05, 3.63) is 33.8 Å². The van der Waals surface area contributed by atoms with Gasteiger partial charge in [-0.3, -0.25) is 0 Å². The van der Waals surface area contributed by atoms with Crippen LogP contribution in [0.5, 0.6) is 0 Å². The van der Waals surface area contributed by atoms with Crippen molar-refractivity contribution in [1.29, 1.82) is 0 Å². The maximum atomic E-state index is 6.10. The van der Waals surface area contributed by atoms with Crippen LogP contribution in [0.25, 0.3) is 0 Å². The molecule has 5 N–H and O–H groups in total. The third-order valence-corrected chi connectivity index (χ3v) is 2.99. The number of aromatic nitrogens is 2. The molecule has 0 aliphatic heterocycles. The molecular weight excluding hydrogens is 273 g/mol. The van der Waals surface area contributed by atoms with E-state index in [4.69, 9.17) is 34.7 Å². The Balaban J connectivity index is 2.36. The van der Waals surface area contributed by atoms with E-state index in [0.29, 0.717) is 21.6 Å². The Morgan fingerprint density at radius 1 is 1.06 bits per heavy atom. The first-order chi connectivity index (χ1) is 8.45. The first kappa shape index (κ1) is 12.7. The zero-order valence-corrected chi connectivity index (χ0v) is 11.0. The van der Waals surface area contributed by atoms with Crippen LogP contribution in [-0.4, -0.2) is 9.97 Å². The van der Waals surface area contributed by atoms with E-state index in [2.05, 4.69) is 15.3 Å². The highest BCUT2D eigenvalue weighted by molar-refractivity contribution is 6.35. The third kappa shape index (κ3) is 2.75. The molecule has 0 aliphatic carbocycles. The Hall–Kier alpha value is -1.72. The van der Waals surface area contributed by atoms with Gasteiger partial charge in [0.25, 0.3) is 0 Å². The maximum absolute atomic E-state index is 6.10. The molecule has 1 aromatic carbocycles. The molecule has 0 spiro atoms. The van der Waals surface area contributed by atoms with E-state index in [-0.39, 0.29) is 11.8 Å². The first-order valence-corrected chi connectivity index (χ1v) is 5.84. The number of aryl methyl sites for hydroxylation is 1. The summed E-state index contributed by atoms with van der Waals surface area (Å²) in [4.78, 5) is 7.77. The van der Waals surface area contributed by atoms with Gasteiger partial charge in [0.15, 0.2) is 0 Å². The second kappa shape index (κ2) is 4.88. The van der Waals surface area contributed by atoms with Gasteiger partial charge in [-0.25, -0.2) is 0 Å². The van der Waals surface area contributed by atoms with Gasteiger partial charge in [0.2, 0.25) is 5.95 Å². The largest absolute Gasteiger partial charge is 0.383 e. The summed E-state index contributed by atoms with van der Waals surface area (Å²) in [5.41, 5.74) is 12.6. The molecule has 0 saturated carbocycles. The average Bonchev–Trinajstić information content (AvgIpc) is 2.24. The molecule has 0 radical (unpaired) electrons. The molecule has 18 heavy (non-hydrogen) atoms. The van der Waals surface area contributed by atoms with Gasteiger partial charge < -0.3 is 16.8 Å². The van der Waals surface area contributed by atoms with Crippen molar-refractivity contribution < 1.29 is 0 Å². The predicted molar refractivity (Wildman–Crippen MR) is 75.3 cm³/mol. The minimum Gasteiger partial charge on any atom is -0.383 e. The molecule has 0 atom stereocenters. The summed E-state index contributed by atoms with van der Waals surface area (Å²) in [6.45, 7) is 1.87. The second-order valence-electron chi connectivity index (χ2n) is 3.74. The lowest BCUT2D eigenvalue weighted by Crippen LogP contribution is -2.03. The van der Waals surface area contributed by atoms with Gasteiger partial charge in [0.05, 0.1) is 10.7 Å². The standard InChI is InChI=1S/C11H11Cl2N5/c1-5-2-7(13)8(3-6(5)12)16-10-4-9(14)17-11(15)18-10/h2-4H,1H3,(H5,14,15,16,17,18). The molecular formula is C11H11Cl2N5. The van der Waals surface area contributed by atoms with Crippen molar-refractivity contribution in [3.63, 3.8) is 0 Å². The van der Waals surface area contributed by atoms with Crippen molar-refractivity contribution in [3.8, 4) is 0 Å². The van der Waals surface area contributed by atoms with Gasteiger partial charge in [-0.05, 0) is 24.6 Å². The van der Waals surface area contributed by atoms with Crippen molar-refractivity contribution in [2.45, 2.75) is 6.92 Å². The van der Waals surface area contributed by atoms with Crippen LogP contribution in [0.3, 0.4) is 0 Å². The summed E-state index contributed by atoms with van der Waals surface area (Å²) < 4.78 is 0. The zero-order valence-electron chi connectivity index (χ0n) is 9.54. The molecule has 1 heterocycles. The average molecular weight is 284 g/mol. The third-order valence-electron chi connectivity index (χ3n) is 2.27. The van der Waals surface area contributed by atoms with Crippen LogP contribution in [0.1, 0.15) is 5.56 Å². The van der Waals surface area contributed by atoms with Crippen molar-refractivity contribution in [2.24, 2.45) is 0 Å². The summed E-state index contributed by atoms with van der Waals surface area (Å²) in [6.07, 6.45) is 0. The molecule has 0 aliphatic rings. The highest BCUT2D eigenvalue weighted by Gasteiger charge is 2.07. The highest BCUT2D eigenvalue weighted by atomic mass is 35.5. The Morgan fingerprint density at radius 2 is 1.78 bits per heavy atom. The topological polar surface area (TPSA) is 89.8 Å². The van der Waals surface area contributed by atoms with Crippen LogP contribution in [0.15, 0.2) is 18.2 Å². The zero-order chi connectivity index (χ0) is 13.3. The van der Waals surface area contributed by atoms with Crippen molar-refractivity contribution in [1.82, 2.24) is 9.97 Å². The molecule has 94 valence electrons. The van der Waals surface area contributed by atoms with E-state index < -0.39 is 0 Å². The summed E-state index contributed by atoms with van der Waals surface area (Å²) in [5.74, 6) is 0.827. The summed E-state index contributed by atoms with van der Waals surface area (Å²) in [7, 11) is 0. The molecule has 5 nitrogen and oxygen atoms in total. The number of hydrogen-bond acceptors (Lipinski definition) is 5. The van der Waals surface area contributed by atoms with Gasteiger partial charge in [-0.15, -0.1) is 0 Å². The molecule has 2 rings (SSSR count). The first-order valence-electron chi connectivity index (χ1n) is 5.08. The molecule has 0 amide bonds. The van der Waals surface area contributed by atoms with Gasteiger partial charge >= 0.3 is 0 Å². The van der Waals surface area contributed by atoms with E-state index in [1.807, 2.05) is 6.92 Å². The number of hydrogen-bond donors (Lipinski definition) is 3. The van der Waals surface area contributed by atoms with Crippen LogP contribution in [0.2, 0.25) is 10.0 Å². The fourth-order valence-electron chi connectivity index (χ4n) is 1.43. The number of rotatable bonds is 2. The minimum absolute atomic E-state index is 0.0897. The number of halogens is 2. The second-order valence-corrected chi connectivity index (χ2v) is 4.56. The van der Waals surface area contributed by atoms with Crippen LogP contribution >= 0.6 is 23.2 Å². The molecule has 1 aromatic heterocycles. The number of benzene rings is 1. The lowest BCUT2D eigenvalue weighted by atomic mass is 10.2. The van der Waals surface area contributed by atoms with E-state index in [1.54, 1.807) is 18.2 Å². The van der Waals surface area contributed by atoms with E-state index in [9.17, 15) is 0 Å². The Kier molecular flexibility index (Phi) is 3.45. The van der Waals surface area contributed by atoms with Crippen LogP contribution in [-0.2, 0) is 0 Å². The predicted octanol–water partition coefficient (Wildman–Crippen LogP) is 3.00.